The molecule has 1 atom stereocenters. The minimum absolute atomic E-state index is 0.0634. The molecule has 0 radical (unpaired) electrons. The van der Waals surface area contributed by atoms with Gasteiger partial charge in [0.2, 0.25) is 5.91 Å². The summed E-state index contributed by atoms with van der Waals surface area (Å²) in [7, 11) is 3.39. The van der Waals surface area contributed by atoms with Crippen molar-refractivity contribution >= 4 is 17.5 Å². The number of hydrogen-bond acceptors (Lipinski definition) is 3. The quantitative estimate of drug-likeness (QED) is 0.872. The van der Waals surface area contributed by atoms with E-state index in [2.05, 4.69) is 5.32 Å². The van der Waals surface area contributed by atoms with E-state index >= 15 is 0 Å². The first kappa shape index (κ1) is 15.8. The summed E-state index contributed by atoms with van der Waals surface area (Å²) in [5.74, 6) is 0.789. The van der Waals surface area contributed by atoms with Crippen molar-refractivity contribution in [3.8, 4) is 5.75 Å². The molecule has 19 heavy (non-hydrogen) atoms. The predicted molar refractivity (Wildman–Crippen MR) is 77.6 cm³/mol. The molecule has 1 N–H and O–H groups in total. The van der Waals surface area contributed by atoms with E-state index in [1.807, 2.05) is 32.0 Å². The molecule has 0 spiro atoms. The molecule has 0 saturated carbocycles. The Morgan fingerprint density at radius 2 is 2.21 bits per heavy atom. The zero-order valence-electron chi connectivity index (χ0n) is 11.9. The average Bonchev–Trinajstić information content (AvgIpc) is 2.43. The van der Waals surface area contributed by atoms with Gasteiger partial charge in [0.05, 0.1) is 13.2 Å². The monoisotopic (exact) mass is 284 g/mol. The second-order valence-electron chi connectivity index (χ2n) is 4.38. The molecule has 0 heterocycles. The van der Waals surface area contributed by atoms with Gasteiger partial charge < -0.3 is 15.0 Å². The van der Waals surface area contributed by atoms with Crippen LogP contribution in [-0.4, -0.2) is 37.6 Å². The van der Waals surface area contributed by atoms with Gasteiger partial charge in [-0.1, -0.05) is 17.7 Å². The van der Waals surface area contributed by atoms with Crippen molar-refractivity contribution in [1.29, 1.82) is 0 Å². The molecule has 1 rings (SSSR count). The molecule has 0 aliphatic heterocycles. The second kappa shape index (κ2) is 7.36. The standard InChI is InChI=1S/C14H21ClN2O2/c1-5-17(3)14(18)10(2)16-9-11-12(15)7-6-8-13(11)19-4/h6-8,10,16H,5,9H2,1-4H3. The highest BCUT2D eigenvalue weighted by Gasteiger charge is 2.17. The highest BCUT2D eigenvalue weighted by Crippen LogP contribution is 2.25. The fourth-order valence-corrected chi connectivity index (χ4v) is 1.96. The number of carbonyl (C=O) groups excluding carboxylic acids is 1. The van der Waals surface area contributed by atoms with E-state index in [9.17, 15) is 4.79 Å². The van der Waals surface area contributed by atoms with Crippen molar-refractivity contribution < 1.29 is 9.53 Å². The third-order valence-electron chi connectivity index (χ3n) is 3.10. The van der Waals surface area contributed by atoms with Gasteiger partial charge in [0.1, 0.15) is 5.75 Å². The minimum atomic E-state index is -0.258. The maximum atomic E-state index is 11.9. The number of amides is 1. The fraction of sp³-hybridized carbons (Fsp3) is 0.500. The van der Waals surface area contributed by atoms with E-state index in [4.69, 9.17) is 16.3 Å². The Hall–Kier alpha value is -1.26. The third-order valence-corrected chi connectivity index (χ3v) is 3.46. The van der Waals surface area contributed by atoms with Gasteiger partial charge in [-0.15, -0.1) is 0 Å². The zero-order chi connectivity index (χ0) is 14.4. The largest absolute Gasteiger partial charge is 0.496 e. The van der Waals surface area contributed by atoms with Crippen LogP contribution in [0.4, 0.5) is 0 Å². The molecule has 0 aliphatic rings. The Bertz CT molecular complexity index is 437. The molecule has 4 nitrogen and oxygen atoms in total. The summed E-state index contributed by atoms with van der Waals surface area (Å²) in [6.45, 7) is 4.98. The Morgan fingerprint density at radius 3 is 2.79 bits per heavy atom. The molecular formula is C14H21ClN2O2. The molecule has 0 aromatic heterocycles. The molecule has 1 aromatic rings. The maximum Gasteiger partial charge on any atom is 0.239 e. The lowest BCUT2D eigenvalue weighted by atomic mass is 10.2. The van der Waals surface area contributed by atoms with Crippen LogP contribution in [0.25, 0.3) is 0 Å². The first-order chi connectivity index (χ1) is 9.01. The zero-order valence-corrected chi connectivity index (χ0v) is 12.6. The van der Waals surface area contributed by atoms with E-state index in [-0.39, 0.29) is 11.9 Å². The van der Waals surface area contributed by atoms with Gasteiger partial charge in [-0.05, 0) is 26.0 Å². The van der Waals surface area contributed by atoms with Gasteiger partial charge in [-0.3, -0.25) is 4.79 Å². The molecule has 0 fully saturated rings. The van der Waals surface area contributed by atoms with Crippen molar-refractivity contribution in [2.75, 3.05) is 20.7 Å². The Labute approximate surface area is 119 Å². The van der Waals surface area contributed by atoms with E-state index in [0.29, 0.717) is 18.1 Å². The van der Waals surface area contributed by atoms with Crippen LogP contribution in [0, 0.1) is 0 Å². The number of halogens is 1. The van der Waals surface area contributed by atoms with E-state index in [1.165, 1.54) is 0 Å². The van der Waals surface area contributed by atoms with Crippen LogP contribution < -0.4 is 10.1 Å². The third kappa shape index (κ3) is 4.11. The van der Waals surface area contributed by atoms with Crippen LogP contribution >= 0.6 is 11.6 Å². The number of nitrogens with one attached hydrogen (secondary N) is 1. The summed E-state index contributed by atoms with van der Waals surface area (Å²) in [6.07, 6.45) is 0. The number of ether oxygens (including phenoxy) is 1. The van der Waals surface area contributed by atoms with E-state index in [0.717, 1.165) is 11.3 Å². The number of rotatable bonds is 6. The molecule has 1 unspecified atom stereocenters. The first-order valence-electron chi connectivity index (χ1n) is 6.31. The van der Waals surface area contributed by atoms with E-state index < -0.39 is 0 Å². The van der Waals surface area contributed by atoms with Crippen molar-refractivity contribution in [1.82, 2.24) is 10.2 Å². The Morgan fingerprint density at radius 1 is 1.53 bits per heavy atom. The van der Waals surface area contributed by atoms with Crippen LogP contribution in [-0.2, 0) is 11.3 Å². The molecule has 1 aromatic carbocycles. The fourth-order valence-electron chi connectivity index (χ4n) is 1.73. The first-order valence-corrected chi connectivity index (χ1v) is 6.68. The van der Waals surface area contributed by atoms with Crippen molar-refractivity contribution in [3.05, 3.63) is 28.8 Å². The van der Waals surface area contributed by atoms with Gasteiger partial charge in [0.25, 0.3) is 0 Å². The summed E-state index contributed by atoms with van der Waals surface area (Å²) in [4.78, 5) is 13.6. The molecular weight excluding hydrogens is 264 g/mol. The summed E-state index contributed by atoms with van der Waals surface area (Å²) in [5, 5.41) is 3.81. The second-order valence-corrected chi connectivity index (χ2v) is 4.78. The normalized spacial score (nSPS) is 12.1. The van der Waals surface area contributed by atoms with Gasteiger partial charge in [-0.25, -0.2) is 0 Å². The van der Waals surface area contributed by atoms with Gasteiger partial charge >= 0.3 is 0 Å². The van der Waals surface area contributed by atoms with Gasteiger partial charge in [-0.2, -0.15) is 0 Å². The molecule has 106 valence electrons. The lowest BCUT2D eigenvalue weighted by Gasteiger charge is -2.21. The SMILES string of the molecule is CCN(C)C(=O)C(C)NCc1c(Cl)cccc1OC. The van der Waals surface area contributed by atoms with Crippen molar-refractivity contribution in [3.63, 3.8) is 0 Å². The van der Waals surface area contributed by atoms with Gasteiger partial charge in [0, 0.05) is 30.7 Å². The molecule has 0 aliphatic carbocycles. The van der Waals surface area contributed by atoms with Crippen molar-refractivity contribution in [2.24, 2.45) is 0 Å². The number of hydrogen-bond donors (Lipinski definition) is 1. The molecule has 0 bridgehead atoms. The highest BCUT2D eigenvalue weighted by atomic mass is 35.5. The number of methoxy groups -OCH3 is 1. The number of likely N-dealkylation sites (N-methyl/N-ethyl adjacent to an activating group) is 1. The minimum Gasteiger partial charge on any atom is -0.496 e. The summed E-state index contributed by atoms with van der Waals surface area (Å²) >= 11 is 6.15. The van der Waals surface area contributed by atoms with Crippen LogP contribution in [0.15, 0.2) is 18.2 Å². The van der Waals surface area contributed by atoms with Crippen LogP contribution in [0.2, 0.25) is 5.02 Å². The summed E-state index contributed by atoms with van der Waals surface area (Å²) in [5.41, 5.74) is 0.866. The van der Waals surface area contributed by atoms with Crippen molar-refractivity contribution in [2.45, 2.75) is 26.4 Å². The predicted octanol–water partition coefficient (Wildman–Crippen LogP) is 2.31. The van der Waals surface area contributed by atoms with Crippen LogP contribution in [0.3, 0.4) is 0 Å². The maximum absolute atomic E-state index is 11.9. The van der Waals surface area contributed by atoms with E-state index in [1.54, 1.807) is 19.1 Å². The Balaban J connectivity index is 2.69. The molecule has 5 heteroatoms. The lowest BCUT2D eigenvalue weighted by Crippen LogP contribution is -2.42. The lowest BCUT2D eigenvalue weighted by molar-refractivity contribution is -0.131. The molecule has 1 amide bonds. The number of benzene rings is 1. The number of nitrogens with zero attached hydrogens (tertiary/aromatic N) is 1. The molecule has 0 saturated heterocycles. The van der Waals surface area contributed by atoms with Gasteiger partial charge in [0.15, 0.2) is 0 Å². The number of carbonyl (C=O) groups is 1. The average molecular weight is 285 g/mol. The summed E-state index contributed by atoms with van der Waals surface area (Å²) in [6, 6.07) is 5.24. The Kier molecular flexibility index (Phi) is 6.12. The van der Waals surface area contributed by atoms with Crippen LogP contribution in [0.1, 0.15) is 19.4 Å². The van der Waals surface area contributed by atoms with Crippen LogP contribution in [0.5, 0.6) is 5.75 Å². The highest BCUT2D eigenvalue weighted by molar-refractivity contribution is 6.31. The smallest absolute Gasteiger partial charge is 0.239 e. The topological polar surface area (TPSA) is 41.6 Å². The summed E-state index contributed by atoms with van der Waals surface area (Å²) < 4.78 is 5.27.